The van der Waals surface area contributed by atoms with E-state index in [0.29, 0.717) is 25.5 Å². The molecule has 0 aromatic carbocycles. The molecular weight excluding hydrogens is 300 g/mol. The molecule has 114 valence electrons. The summed E-state index contributed by atoms with van der Waals surface area (Å²) >= 11 is 5.64. The van der Waals surface area contributed by atoms with Crippen LogP contribution in [-0.4, -0.2) is 65.5 Å². The van der Waals surface area contributed by atoms with Gasteiger partial charge in [0.25, 0.3) is 0 Å². The highest BCUT2D eigenvalue weighted by molar-refractivity contribution is 7.89. The Morgan fingerprint density at radius 1 is 1.40 bits per heavy atom. The van der Waals surface area contributed by atoms with Gasteiger partial charge in [0.1, 0.15) is 4.90 Å². The standard InChI is InChI=1S/C12H21ClN4O2S/c1-12(2)10-17(7-6-15(12)3)20(18,19)11-8-14-16(9-11)5-4-13/h8-9H,4-7,10H2,1-3H3. The van der Waals surface area contributed by atoms with Crippen molar-refractivity contribution in [2.45, 2.75) is 30.8 Å². The van der Waals surface area contributed by atoms with Gasteiger partial charge in [-0.15, -0.1) is 11.6 Å². The van der Waals surface area contributed by atoms with Crippen molar-refractivity contribution < 1.29 is 8.42 Å². The van der Waals surface area contributed by atoms with E-state index in [9.17, 15) is 8.42 Å². The minimum Gasteiger partial charge on any atom is -0.299 e. The zero-order chi connectivity index (χ0) is 15.0. The van der Waals surface area contributed by atoms with Crippen molar-refractivity contribution in [1.29, 1.82) is 0 Å². The maximum Gasteiger partial charge on any atom is 0.246 e. The summed E-state index contributed by atoms with van der Waals surface area (Å²) in [6, 6.07) is 0. The molecule has 0 atom stereocenters. The molecule has 0 bridgehead atoms. The van der Waals surface area contributed by atoms with Gasteiger partial charge in [0.2, 0.25) is 10.0 Å². The van der Waals surface area contributed by atoms with Gasteiger partial charge in [0, 0.05) is 37.3 Å². The highest BCUT2D eigenvalue weighted by atomic mass is 35.5. The van der Waals surface area contributed by atoms with Gasteiger partial charge in [0.15, 0.2) is 0 Å². The Bertz CT molecular complexity index is 570. The zero-order valence-electron chi connectivity index (χ0n) is 12.1. The molecule has 1 fully saturated rings. The van der Waals surface area contributed by atoms with Crippen LogP contribution in [0.25, 0.3) is 0 Å². The second-order valence-corrected chi connectivity index (χ2v) is 8.02. The van der Waals surface area contributed by atoms with Gasteiger partial charge >= 0.3 is 0 Å². The number of piperazine rings is 1. The van der Waals surface area contributed by atoms with Gasteiger partial charge in [0.05, 0.1) is 12.7 Å². The molecule has 0 spiro atoms. The predicted molar refractivity (Wildman–Crippen MR) is 78.4 cm³/mol. The Morgan fingerprint density at radius 3 is 2.70 bits per heavy atom. The van der Waals surface area contributed by atoms with Crippen LogP contribution in [0, 0.1) is 0 Å². The number of likely N-dealkylation sites (N-methyl/N-ethyl adjacent to an activating group) is 1. The summed E-state index contributed by atoms with van der Waals surface area (Å²) < 4.78 is 28.3. The number of rotatable bonds is 4. The van der Waals surface area contributed by atoms with E-state index in [-0.39, 0.29) is 10.4 Å². The van der Waals surface area contributed by atoms with Crippen molar-refractivity contribution in [3.8, 4) is 0 Å². The van der Waals surface area contributed by atoms with E-state index in [2.05, 4.69) is 10.00 Å². The summed E-state index contributed by atoms with van der Waals surface area (Å²) in [6.45, 7) is 6.31. The number of halogens is 1. The molecule has 1 aliphatic heterocycles. The molecule has 0 saturated carbocycles. The lowest BCUT2D eigenvalue weighted by Gasteiger charge is -2.44. The number of alkyl halides is 1. The minimum absolute atomic E-state index is 0.169. The molecule has 1 aliphatic rings. The van der Waals surface area contributed by atoms with Crippen molar-refractivity contribution in [3.05, 3.63) is 12.4 Å². The smallest absolute Gasteiger partial charge is 0.246 e. The first kappa shape index (κ1) is 15.8. The third-order valence-corrected chi connectivity index (χ3v) is 5.81. The number of nitrogens with zero attached hydrogens (tertiary/aromatic N) is 4. The molecule has 1 aromatic rings. The molecule has 1 saturated heterocycles. The Hall–Kier alpha value is -0.630. The molecular formula is C12H21ClN4O2S. The van der Waals surface area contributed by atoms with Crippen molar-refractivity contribution >= 4 is 21.6 Å². The zero-order valence-corrected chi connectivity index (χ0v) is 13.7. The summed E-state index contributed by atoms with van der Waals surface area (Å²) in [6.07, 6.45) is 2.94. The van der Waals surface area contributed by atoms with Crippen molar-refractivity contribution in [2.24, 2.45) is 0 Å². The molecule has 8 heteroatoms. The van der Waals surface area contributed by atoms with E-state index in [1.165, 1.54) is 10.5 Å². The Balaban J connectivity index is 2.21. The van der Waals surface area contributed by atoms with Crippen molar-refractivity contribution in [2.75, 3.05) is 32.6 Å². The van der Waals surface area contributed by atoms with Crippen LogP contribution in [0.5, 0.6) is 0 Å². The van der Waals surface area contributed by atoms with Crippen LogP contribution in [0.4, 0.5) is 0 Å². The Kier molecular flexibility index (Phi) is 4.44. The topological polar surface area (TPSA) is 58.4 Å². The number of hydrogen-bond donors (Lipinski definition) is 0. The summed E-state index contributed by atoms with van der Waals surface area (Å²) in [4.78, 5) is 2.42. The van der Waals surface area contributed by atoms with E-state index >= 15 is 0 Å². The van der Waals surface area contributed by atoms with Gasteiger partial charge < -0.3 is 0 Å². The second-order valence-electron chi connectivity index (χ2n) is 5.70. The van der Waals surface area contributed by atoms with Crippen molar-refractivity contribution in [3.63, 3.8) is 0 Å². The van der Waals surface area contributed by atoms with E-state index < -0.39 is 10.0 Å². The highest BCUT2D eigenvalue weighted by Crippen LogP contribution is 2.24. The van der Waals surface area contributed by atoms with Crippen LogP contribution in [0.15, 0.2) is 17.3 Å². The van der Waals surface area contributed by atoms with E-state index in [0.717, 1.165) is 6.54 Å². The van der Waals surface area contributed by atoms with E-state index in [1.54, 1.807) is 10.9 Å². The van der Waals surface area contributed by atoms with Gasteiger partial charge in [-0.2, -0.15) is 9.40 Å². The van der Waals surface area contributed by atoms with Crippen LogP contribution in [-0.2, 0) is 16.6 Å². The SMILES string of the molecule is CN1CCN(S(=O)(=O)c2cnn(CCCl)c2)CC1(C)C. The van der Waals surface area contributed by atoms with E-state index in [1.807, 2.05) is 20.9 Å². The Morgan fingerprint density at radius 2 is 2.10 bits per heavy atom. The van der Waals surface area contributed by atoms with Crippen LogP contribution < -0.4 is 0 Å². The quantitative estimate of drug-likeness (QED) is 0.771. The average molecular weight is 321 g/mol. The molecule has 20 heavy (non-hydrogen) atoms. The lowest BCUT2D eigenvalue weighted by atomic mass is 10.0. The third kappa shape index (κ3) is 3.00. The summed E-state index contributed by atoms with van der Waals surface area (Å²) in [5, 5.41) is 4.03. The highest BCUT2D eigenvalue weighted by Gasteiger charge is 2.37. The first-order valence-electron chi connectivity index (χ1n) is 6.57. The molecule has 0 N–H and O–H groups in total. The van der Waals surface area contributed by atoms with Crippen LogP contribution in [0.2, 0.25) is 0 Å². The Labute approximate surface area is 125 Å². The van der Waals surface area contributed by atoms with Gasteiger partial charge in [-0.05, 0) is 20.9 Å². The third-order valence-electron chi connectivity index (χ3n) is 3.84. The van der Waals surface area contributed by atoms with Crippen LogP contribution in [0.3, 0.4) is 0 Å². The molecule has 2 heterocycles. The number of hydrogen-bond acceptors (Lipinski definition) is 4. The van der Waals surface area contributed by atoms with Crippen LogP contribution in [0.1, 0.15) is 13.8 Å². The fraction of sp³-hybridized carbons (Fsp3) is 0.750. The summed E-state index contributed by atoms with van der Waals surface area (Å²) in [7, 11) is -1.46. The van der Waals surface area contributed by atoms with E-state index in [4.69, 9.17) is 11.6 Å². The molecule has 0 amide bonds. The average Bonchev–Trinajstić information content (AvgIpc) is 2.82. The molecule has 2 rings (SSSR count). The first-order valence-corrected chi connectivity index (χ1v) is 8.54. The minimum atomic E-state index is -3.47. The maximum atomic E-state index is 12.6. The molecule has 0 unspecified atom stereocenters. The van der Waals surface area contributed by atoms with Crippen LogP contribution >= 0.6 is 11.6 Å². The lowest BCUT2D eigenvalue weighted by Crippen LogP contribution is -2.58. The molecule has 0 radical (unpaired) electrons. The molecule has 0 aliphatic carbocycles. The largest absolute Gasteiger partial charge is 0.299 e. The monoisotopic (exact) mass is 320 g/mol. The fourth-order valence-corrected chi connectivity index (χ4v) is 3.95. The van der Waals surface area contributed by atoms with Gasteiger partial charge in [-0.3, -0.25) is 9.58 Å². The lowest BCUT2D eigenvalue weighted by molar-refractivity contribution is 0.0801. The number of aromatic nitrogens is 2. The molecule has 1 aromatic heterocycles. The number of aryl methyl sites for hydroxylation is 1. The second kappa shape index (κ2) is 5.63. The summed E-state index contributed by atoms with van der Waals surface area (Å²) in [5.41, 5.74) is -0.169. The predicted octanol–water partition coefficient (Wildman–Crippen LogP) is 0.837. The summed E-state index contributed by atoms with van der Waals surface area (Å²) in [5.74, 6) is 0.405. The fourth-order valence-electron chi connectivity index (χ4n) is 2.24. The van der Waals surface area contributed by atoms with Gasteiger partial charge in [-0.1, -0.05) is 0 Å². The number of sulfonamides is 1. The van der Waals surface area contributed by atoms with Gasteiger partial charge in [-0.25, -0.2) is 8.42 Å². The normalized spacial score (nSPS) is 21.2. The maximum absolute atomic E-state index is 12.6. The first-order chi connectivity index (χ1) is 9.27. The molecule has 6 nitrogen and oxygen atoms in total. The van der Waals surface area contributed by atoms with Crippen molar-refractivity contribution in [1.82, 2.24) is 19.0 Å².